The molecule has 0 aromatic heterocycles. The number of carbonyl (C=O) groups is 2. The second-order valence-corrected chi connectivity index (χ2v) is 14.8. The molecule has 5 nitrogen and oxygen atoms in total. The van der Waals surface area contributed by atoms with Crippen LogP contribution in [0.15, 0.2) is 0 Å². The molecule has 280 valence electrons. The van der Waals surface area contributed by atoms with Crippen molar-refractivity contribution >= 4 is 11.9 Å². The molecular weight excluding hydrogens is 582 g/mol. The highest BCUT2D eigenvalue weighted by Gasteiger charge is 2.10. The third kappa shape index (κ3) is 37.6. The highest BCUT2D eigenvalue weighted by atomic mass is 16.5. The standard InChI is InChI=1S/C42H83NO4/c1-5-7-9-11-13-21-30-38-46-41(44)35-27-19-15-17-24-32-40(34-26-23-29-37-43(3)4)33-25-18-16-20-28-36-42(45)47-39-31-22-14-12-10-8-6-2/h40H,5-39H2,1-4H3. The van der Waals surface area contributed by atoms with E-state index in [9.17, 15) is 9.59 Å². The van der Waals surface area contributed by atoms with Crippen molar-refractivity contribution in [2.45, 2.75) is 219 Å². The summed E-state index contributed by atoms with van der Waals surface area (Å²) in [7, 11) is 4.34. The second kappa shape index (κ2) is 37.7. The van der Waals surface area contributed by atoms with Crippen molar-refractivity contribution in [3.63, 3.8) is 0 Å². The maximum Gasteiger partial charge on any atom is 0.305 e. The summed E-state index contributed by atoms with van der Waals surface area (Å²) >= 11 is 0. The fourth-order valence-electron chi connectivity index (χ4n) is 6.57. The van der Waals surface area contributed by atoms with Crippen molar-refractivity contribution in [3.8, 4) is 0 Å². The number of carbonyl (C=O) groups excluding carboxylic acids is 2. The van der Waals surface area contributed by atoms with E-state index in [1.165, 1.54) is 161 Å². The molecule has 0 spiro atoms. The van der Waals surface area contributed by atoms with Gasteiger partial charge in [-0.3, -0.25) is 9.59 Å². The lowest BCUT2D eigenvalue weighted by molar-refractivity contribution is -0.144. The number of nitrogens with zero attached hydrogens (tertiary/aromatic N) is 1. The highest BCUT2D eigenvalue weighted by Crippen LogP contribution is 2.24. The number of esters is 2. The Morgan fingerprint density at radius 3 is 1.13 bits per heavy atom. The molecule has 0 rings (SSSR count). The second-order valence-electron chi connectivity index (χ2n) is 14.8. The van der Waals surface area contributed by atoms with E-state index in [1.54, 1.807) is 0 Å². The lowest BCUT2D eigenvalue weighted by atomic mass is 9.89. The molecule has 0 aliphatic heterocycles. The number of ether oxygens (including phenoxy) is 2. The van der Waals surface area contributed by atoms with E-state index in [2.05, 4.69) is 32.8 Å². The maximum atomic E-state index is 12.0. The molecule has 0 aliphatic carbocycles. The summed E-state index contributed by atoms with van der Waals surface area (Å²) in [6.45, 7) is 6.91. The molecule has 0 heterocycles. The molecule has 0 amide bonds. The van der Waals surface area contributed by atoms with Gasteiger partial charge in [0.25, 0.3) is 0 Å². The van der Waals surface area contributed by atoms with Gasteiger partial charge in [0.2, 0.25) is 0 Å². The topological polar surface area (TPSA) is 55.8 Å². The molecular formula is C42H83NO4. The van der Waals surface area contributed by atoms with Crippen LogP contribution >= 0.6 is 0 Å². The van der Waals surface area contributed by atoms with E-state index >= 15 is 0 Å². The molecule has 0 bridgehead atoms. The van der Waals surface area contributed by atoms with Crippen molar-refractivity contribution in [1.82, 2.24) is 4.90 Å². The lowest BCUT2D eigenvalue weighted by Gasteiger charge is -2.17. The van der Waals surface area contributed by atoms with Gasteiger partial charge in [-0.1, -0.05) is 174 Å². The summed E-state index contributed by atoms with van der Waals surface area (Å²) in [4.78, 5) is 26.4. The first-order valence-electron chi connectivity index (χ1n) is 21.0. The Bertz CT molecular complexity index is 607. The Balaban J connectivity index is 3.91. The Kier molecular flexibility index (Phi) is 36.8. The summed E-state index contributed by atoms with van der Waals surface area (Å²) in [6.07, 6.45) is 38.8. The first kappa shape index (κ1) is 45.9. The van der Waals surface area contributed by atoms with Crippen LogP contribution in [0.2, 0.25) is 0 Å². The summed E-state index contributed by atoms with van der Waals surface area (Å²) in [5.41, 5.74) is 0. The predicted octanol–water partition coefficient (Wildman–Crippen LogP) is 12.8. The van der Waals surface area contributed by atoms with Gasteiger partial charge in [0.05, 0.1) is 13.2 Å². The Morgan fingerprint density at radius 1 is 0.426 bits per heavy atom. The van der Waals surface area contributed by atoms with Crippen LogP contribution in [0, 0.1) is 5.92 Å². The number of rotatable bonds is 38. The highest BCUT2D eigenvalue weighted by molar-refractivity contribution is 5.69. The number of unbranched alkanes of at least 4 members (excludes halogenated alkanes) is 22. The van der Waals surface area contributed by atoms with Crippen LogP contribution in [0.3, 0.4) is 0 Å². The molecule has 0 atom stereocenters. The SMILES string of the molecule is CCCCCCCCCOC(=O)CCCCCCCC(CCCCCCCC(=O)OCCCCCCCCC)CCCCCN(C)C. The minimum atomic E-state index is 0.00375. The van der Waals surface area contributed by atoms with E-state index in [4.69, 9.17) is 9.47 Å². The minimum Gasteiger partial charge on any atom is -0.466 e. The van der Waals surface area contributed by atoms with Crippen LogP contribution in [0.5, 0.6) is 0 Å². The predicted molar refractivity (Wildman–Crippen MR) is 203 cm³/mol. The van der Waals surface area contributed by atoms with Gasteiger partial charge in [0, 0.05) is 12.8 Å². The molecule has 0 saturated carbocycles. The molecule has 0 unspecified atom stereocenters. The van der Waals surface area contributed by atoms with E-state index in [1.807, 2.05) is 0 Å². The van der Waals surface area contributed by atoms with Gasteiger partial charge in [-0.05, 0) is 58.7 Å². The Hall–Kier alpha value is -1.10. The van der Waals surface area contributed by atoms with Gasteiger partial charge < -0.3 is 14.4 Å². The monoisotopic (exact) mass is 666 g/mol. The summed E-state index contributed by atoms with van der Waals surface area (Å²) in [5.74, 6) is 0.866. The number of hydrogen-bond acceptors (Lipinski definition) is 5. The van der Waals surface area contributed by atoms with Crippen LogP contribution in [0.4, 0.5) is 0 Å². The molecule has 0 aromatic carbocycles. The molecule has 0 saturated heterocycles. The average Bonchev–Trinajstić information content (AvgIpc) is 3.05. The molecule has 0 N–H and O–H groups in total. The van der Waals surface area contributed by atoms with Crippen LogP contribution in [-0.2, 0) is 19.1 Å². The van der Waals surface area contributed by atoms with Crippen molar-refractivity contribution in [2.75, 3.05) is 33.9 Å². The van der Waals surface area contributed by atoms with E-state index < -0.39 is 0 Å². The van der Waals surface area contributed by atoms with E-state index in [0.717, 1.165) is 44.4 Å². The zero-order valence-corrected chi connectivity index (χ0v) is 32.4. The summed E-state index contributed by atoms with van der Waals surface area (Å²) in [6, 6.07) is 0. The third-order valence-corrected chi connectivity index (χ3v) is 9.73. The minimum absolute atomic E-state index is 0.00375. The van der Waals surface area contributed by atoms with E-state index in [0.29, 0.717) is 26.1 Å². The summed E-state index contributed by atoms with van der Waals surface area (Å²) in [5, 5.41) is 0. The van der Waals surface area contributed by atoms with Crippen LogP contribution < -0.4 is 0 Å². The lowest BCUT2D eigenvalue weighted by Crippen LogP contribution is -2.12. The molecule has 47 heavy (non-hydrogen) atoms. The Labute approximate surface area is 294 Å². The molecule has 0 aliphatic rings. The first-order chi connectivity index (χ1) is 23.0. The quantitative estimate of drug-likeness (QED) is 0.0485. The fraction of sp³-hybridized carbons (Fsp3) is 0.952. The molecule has 5 heteroatoms. The van der Waals surface area contributed by atoms with Gasteiger partial charge in [0.15, 0.2) is 0 Å². The van der Waals surface area contributed by atoms with Crippen LogP contribution in [-0.4, -0.2) is 50.7 Å². The molecule has 0 aromatic rings. The van der Waals surface area contributed by atoms with Gasteiger partial charge in [-0.15, -0.1) is 0 Å². The first-order valence-corrected chi connectivity index (χ1v) is 21.0. The van der Waals surface area contributed by atoms with Crippen molar-refractivity contribution in [2.24, 2.45) is 5.92 Å². The van der Waals surface area contributed by atoms with Gasteiger partial charge in [0.1, 0.15) is 0 Å². The smallest absolute Gasteiger partial charge is 0.305 e. The zero-order chi connectivity index (χ0) is 34.5. The van der Waals surface area contributed by atoms with Gasteiger partial charge in [-0.25, -0.2) is 0 Å². The van der Waals surface area contributed by atoms with Crippen molar-refractivity contribution in [3.05, 3.63) is 0 Å². The van der Waals surface area contributed by atoms with Gasteiger partial charge in [-0.2, -0.15) is 0 Å². The van der Waals surface area contributed by atoms with Crippen LogP contribution in [0.25, 0.3) is 0 Å². The zero-order valence-electron chi connectivity index (χ0n) is 32.4. The average molecular weight is 666 g/mol. The van der Waals surface area contributed by atoms with Crippen molar-refractivity contribution < 1.29 is 19.1 Å². The van der Waals surface area contributed by atoms with Crippen molar-refractivity contribution in [1.29, 1.82) is 0 Å². The van der Waals surface area contributed by atoms with E-state index in [-0.39, 0.29) is 11.9 Å². The normalized spacial score (nSPS) is 11.5. The largest absolute Gasteiger partial charge is 0.466 e. The van der Waals surface area contributed by atoms with Crippen LogP contribution in [0.1, 0.15) is 219 Å². The maximum absolute atomic E-state index is 12.0. The summed E-state index contributed by atoms with van der Waals surface area (Å²) < 4.78 is 10.9. The third-order valence-electron chi connectivity index (χ3n) is 9.73. The van der Waals surface area contributed by atoms with Gasteiger partial charge >= 0.3 is 11.9 Å². The number of hydrogen-bond donors (Lipinski definition) is 0. The Morgan fingerprint density at radius 2 is 0.745 bits per heavy atom. The molecule has 0 fully saturated rings. The molecule has 0 radical (unpaired) electrons. The fourth-order valence-corrected chi connectivity index (χ4v) is 6.57.